The summed E-state index contributed by atoms with van der Waals surface area (Å²) < 4.78 is 27.4. The Labute approximate surface area is 139 Å². The van der Waals surface area contributed by atoms with E-state index in [1.54, 1.807) is 0 Å². The lowest BCUT2D eigenvalue weighted by molar-refractivity contribution is -0.387. The number of sulfonamides is 1. The lowest BCUT2D eigenvalue weighted by atomic mass is 9.95. The zero-order valence-electron chi connectivity index (χ0n) is 12.8. The predicted octanol–water partition coefficient (Wildman–Crippen LogP) is 1.76. The van der Waals surface area contributed by atoms with Gasteiger partial charge in [0.05, 0.1) is 4.92 Å². The van der Waals surface area contributed by atoms with Crippen LogP contribution in [-0.4, -0.2) is 26.4 Å². The molecule has 1 unspecified atom stereocenters. The zero-order valence-corrected chi connectivity index (χ0v) is 13.6. The lowest BCUT2D eigenvalue weighted by Crippen LogP contribution is -2.38. The number of nitro benzene ring substituents is 1. The summed E-state index contributed by atoms with van der Waals surface area (Å²) in [6.07, 6.45) is 0.892. The molecule has 24 heavy (non-hydrogen) atoms. The van der Waals surface area contributed by atoms with Gasteiger partial charge in [0.15, 0.2) is 4.90 Å². The normalized spacial score (nSPS) is 17.2. The largest absolute Gasteiger partial charge is 0.308 e. The summed E-state index contributed by atoms with van der Waals surface area (Å²) in [5.41, 5.74) is 1.81. The second-order valence-corrected chi connectivity index (χ2v) is 7.27. The fourth-order valence-corrected chi connectivity index (χ4v) is 4.10. The Morgan fingerprint density at radius 3 is 2.67 bits per heavy atom. The molecule has 1 aliphatic heterocycles. The maximum absolute atomic E-state index is 12.5. The highest BCUT2D eigenvalue weighted by Gasteiger charge is 2.27. The highest BCUT2D eigenvalue weighted by Crippen LogP contribution is 2.25. The smallest absolute Gasteiger partial charge is 0.289 e. The summed E-state index contributed by atoms with van der Waals surface area (Å²) >= 11 is 0. The molecule has 126 valence electrons. The van der Waals surface area contributed by atoms with Gasteiger partial charge in [0.25, 0.3) is 5.69 Å². The minimum atomic E-state index is -3.97. The average Bonchev–Trinajstić information content (AvgIpc) is 2.60. The molecule has 0 saturated heterocycles. The molecule has 0 aliphatic carbocycles. The number of fused-ring (bicyclic) bond motifs is 1. The van der Waals surface area contributed by atoms with Gasteiger partial charge < -0.3 is 5.32 Å². The molecule has 1 aliphatic rings. The second-order valence-electron chi connectivity index (χ2n) is 5.53. The summed E-state index contributed by atoms with van der Waals surface area (Å²) in [6, 6.07) is 13.0. The standard InChI is InChI=1S/C16H17N3O4S/c20-19(21)15-7-3-4-8-16(15)24(22,23)18-11-14-13-6-2-1-5-12(13)9-10-17-14/h1-8,14,17-18H,9-11H2. The maximum atomic E-state index is 12.5. The highest BCUT2D eigenvalue weighted by molar-refractivity contribution is 7.89. The van der Waals surface area contributed by atoms with E-state index in [4.69, 9.17) is 0 Å². The number of hydrogen-bond donors (Lipinski definition) is 2. The van der Waals surface area contributed by atoms with Gasteiger partial charge in [0.1, 0.15) is 0 Å². The van der Waals surface area contributed by atoms with E-state index < -0.39 is 20.6 Å². The first-order valence-corrected chi connectivity index (χ1v) is 9.01. The van der Waals surface area contributed by atoms with Crippen molar-refractivity contribution in [3.05, 3.63) is 69.8 Å². The van der Waals surface area contributed by atoms with E-state index in [-0.39, 0.29) is 17.5 Å². The summed E-state index contributed by atoms with van der Waals surface area (Å²) in [5, 5.41) is 14.3. The fraction of sp³-hybridized carbons (Fsp3) is 0.250. The Morgan fingerprint density at radius 2 is 1.88 bits per heavy atom. The topological polar surface area (TPSA) is 101 Å². The van der Waals surface area contributed by atoms with Gasteiger partial charge in [-0.25, -0.2) is 13.1 Å². The van der Waals surface area contributed by atoms with E-state index in [1.807, 2.05) is 24.3 Å². The molecule has 0 amide bonds. The molecule has 0 spiro atoms. The van der Waals surface area contributed by atoms with Crippen molar-refractivity contribution in [2.45, 2.75) is 17.4 Å². The Balaban J connectivity index is 1.81. The number of nitrogens with one attached hydrogen (secondary N) is 2. The maximum Gasteiger partial charge on any atom is 0.289 e. The molecule has 1 atom stereocenters. The molecule has 0 saturated carbocycles. The molecular formula is C16H17N3O4S. The van der Waals surface area contributed by atoms with Crippen molar-refractivity contribution in [1.82, 2.24) is 10.0 Å². The average molecular weight is 347 g/mol. The minimum Gasteiger partial charge on any atom is -0.308 e. The van der Waals surface area contributed by atoms with Crippen molar-refractivity contribution >= 4 is 15.7 Å². The minimum absolute atomic E-state index is 0.130. The van der Waals surface area contributed by atoms with Crippen LogP contribution in [0, 0.1) is 10.1 Å². The molecule has 0 bridgehead atoms. The summed E-state index contributed by atoms with van der Waals surface area (Å²) in [4.78, 5) is 10.0. The molecule has 7 nitrogen and oxygen atoms in total. The van der Waals surface area contributed by atoms with Crippen LogP contribution in [-0.2, 0) is 16.4 Å². The van der Waals surface area contributed by atoms with Gasteiger partial charge in [-0.05, 0) is 30.2 Å². The first-order chi connectivity index (χ1) is 11.5. The van der Waals surface area contributed by atoms with Gasteiger partial charge in [-0.2, -0.15) is 0 Å². The quantitative estimate of drug-likeness (QED) is 0.634. The van der Waals surface area contributed by atoms with Gasteiger partial charge in [-0.15, -0.1) is 0 Å². The van der Waals surface area contributed by atoms with Crippen molar-refractivity contribution in [2.75, 3.05) is 13.1 Å². The van der Waals surface area contributed by atoms with Crippen LogP contribution < -0.4 is 10.0 Å². The number of nitrogens with zero attached hydrogens (tertiary/aromatic N) is 1. The predicted molar refractivity (Wildman–Crippen MR) is 89.2 cm³/mol. The van der Waals surface area contributed by atoms with Crippen LogP contribution in [0.4, 0.5) is 5.69 Å². The van der Waals surface area contributed by atoms with Crippen molar-refractivity contribution in [1.29, 1.82) is 0 Å². The van der Waals surface area contributed by atoms with E-state index in [0.29, 0.717) is 0 Å². The Bertz CT molecular complexity index is 867. The molecule has 1 heterocycles. The second kappa shape index (κ2) is 6.68. The number of para-hydroxylation sites is 1. The van der Waals surface area contributed by atoms with Crippen molar-refractivity contribution < 1.29 is 13.3 Å². The van der Waals surface area contributed by atoms with Gasteiger partial charge >= 0.3 is 0 Å². The molecule has 2 aromatic carbocycles. The molecule has 3 rings (SSSR count). The SMILES string of the molecule is O=[N+]([O-])c1ccccc1S(=O)(=O)NCC1NCCc2ccccc21. The third kappa shape index (κ3) is 3.30. The van der Waals surface area contributed by atoms with Crippen LogP contribution in [0.1, 0.15) is 17.2 Å². The third-order valence-electron chi connectivity index (χ3n) is 4.04. The molecule has 2 aromatic rings. The van der Waals surface area contributed by atoms with E-state index in [2.05, 4.69) is 10.0 Å². The van der Waals surface area contributed by atoms with Gasteiger partial charge in [0, 0.05) is 18.7 Å². The van der Waals surface area contributed by atoms with Crippen LogP contribution in [0.5, 0.6) is 0 Å². The van der Waals surface area contributed by atoms with Crippen LogP contribution in [0.2, 0.25) is 0 Å². The van der Waals surface area contributed by atoms with Crippen LogP contribution in [0.15, 0.2) is 53.4 Å². The van der Waals surface area contributed by atoms with E-state index in [1.165, 1.54) is 29.8 Å². The first-order valence-electron chi connectivity index (χ1n) is 7.53. The van der Waals surface area contributed by atoms with Crippen LogP contribution >= 0.6 is 0 Å². The first kappa shape index (κ1) is 16.6. The number of rotatable bonds is 5. The van der Waals surface area contributed by atoms with Crippen LogP contribution in [0.25, 0.3) is 0 Å². The summed E-state index contributed by atoms with van der Waals surface area (Å²) in [5.74, 6) is 0. The molecule has 0 radical (unpaired) electrons. The monoisotopic (exact) mass is 347 g/mol. The molecule has 0 aromatic heterocycles. The number of nitro groups is 1. The Hall–Kier alpha value is -2.29. The fourth-order valence-electron chi connectivity index (χ4n) is 2.88. The highest BCUT2D eigenvalue weighted by atomic mass is 32.2. The molecule has 2 N–H and O–H groups in total. The van der Waals surface area contributed by atoms with Crippen molar-refractivity contribution in [3.8, 4) is 0 Å². The Kier molecular flexibility index (Phi) is 4.61. The van der Waals surface area contributed by atoms with E-state index in [9.17, 15) is 18.5 Å². The van der Waals surface area contributed by atoms with Gasteiger partial charge in [-0.3, -0.25) is 10.1 Å². The van der Waals surface area contributed by atoms with Crippen molar-refractivity contribution in [3.63, 3.8) is 0 Å². The van der Waals surface area contributed by atoms with E-state index in [0.717, 1.165) is 18.5 Å². The van der Waals surface area contributed by atoms with Gasteiger partial charge in [-0.1, -0.05) is 36.4 Å². The number of hydrogen-bond acceptors (Lipinski definition) is 5. The zero-order chi connectivity index (χ0) is 17.2. The lowest BCUT2D eigenvalue weighted by Gasteiger charge is -2.27. The van der Waals surface area contributed by atoms with Gasteiger partial charge in [0.2, 0.25) is 10.0 Å². The van der Waals surface area contributed by atoms with E-state index >= 15 is 0 Å². The van der Waals surface area contributed by atoms with Crippen LogP contribution in [0.3, 0.4) is 0 Å². The Morgan fingerprint density at radius 1 is 1.17 bits per heavy atom. The summed E-state index contributed by atoms with van der Waals surface area (Å²) in [7, 11) is -3.97. The number of benzene rings is 2. The molecule has 8 heteroatoms. The molecule has 0 fully saturated rings. The van der Waals surface area contributed by atoms with Crippen molar-refractivity contribution in [2.24, 2.45) is 0 Å². The molecular weight excluding hydrogens is 330 g/mol. The summed E-state index contributed by atoms with van der Waals surface area (Å²) in [6.45, 7) is 0.889. The third-order valence-corrected chi connectivity index (χ3v) is 5.52.